The number of ether oxygens (including phenoxy) is 1. The van der Waals surface area contributed by atoms with Gasteiger partial charge in [-0.1, -0.05) is 18.2 Å². The highest BCUT2D eigenvalue weighted by molar-refractivity contribution is 5.89. The lowest BCUT2D eigenvalue weighted by Gasteiger charge is -2.10. The Morgan fingerprint density at radius 1 is 1.37 bits per heavy atom. The second-order valence-corrected chi connectivity index (χ2v) is 4.13. The fraction of sp³-hybridized carbons (Fsp3) is 0.214. The summed E-state index contributed by atoms with van der Waals surface area (Å²) in [5, 5.41) is 9.08. The van der Waals surface area contributed by atoms with Gasteiger partial charge < -0.3 is 14.4 Å². The van der Waals surface area contributed by atoms with E-state index in [1.165, 1.54) is 19.2 Å². The van der Waals surface area contributed by atoms with Crippen LogP contribution in [0.4, 0.5) is 4.39 Å². The maximum atomic E-state index is 13.6. The molecule has 0 saturated carbocycles. The number of benzene rings is 1. The number of aromatic carboxylic acids is 1. The molecule has 0 amide bonds. The topological polar surface area (TPSA) is 51.5 Å². The molecule has 0 aliphatic rings. The van der Waals surface area contributed by atoms with Crippen LogP contribution in [0.5, 0.6) is 0 Å². The number of hydrogen-bond acceptors (Lipinski definition) is 2. The van der Waals surface area contributed by atoms with Gasteiger partial charge in [-0.3, -0.25) is 0 Å². The van der Waals surface area contributed by atoms with Crippen LogP contribution in [0, 0.1) is 5.82 Å². The molecule has 0 radical (unpaired) electrons. The van der Waals surface area contributed by atoms with Crippen molar-refractivity contribution in [1.29, 1.82) is 0 Å². The first-order valence-electron chi connectivity index (χ1n) is 5.77. The van der Waals surface area contributed by atoms with E-state index in [1.807, 2.05) is 0 Å². The highest BCUT2D eigenvalue weighted by atomic mass is 19.1. The normalized spacial score (nSPS) is 10.6. The monoisotopic (exact) mass is 263 g/mol. The molecule has 0 bridgehead atoms. The zero-order valence-corrected chi connectivity index (χ0v) is 10.5. The average Bonchev–Trinajstić information content (AvgIpc) is 2.76. The number of halogens is 1. The number of aromatic nitrogens is 1. The number of carboxylic acids is 1. The summed E-state index contributed by atoms with van der Waals surface area (Å²) in [7, 11) is 1.49. The Hall–Kier alpha value is -2.14. The summed E-state index contributed by atoms with van der Waals surface area (Å²) in [6, 6.07) is 7.92. The fourth-order valence-electron chi connectivity index (χ4n) is 1.96. The van der Waals surface area contributed by atoms with Crippen LogP contribution in [0.3, 0.4) is 0 Å². The van der Waals surface area contributed by atoms with Crippen LogP contribution in [0.2, 0.25) is 0 Å². The number of carboxylic acid groups (broad SMARTS) is 1. The van der Waals surface area contributed by atoms with Crippen molar-refractivity contribution in [2.24, 2.45) is 0 Å². The van der Waals surface area contributed by atoms with Crippen LogP contribution < -0.4 is 0 Å². The van der Waals surface area contributed by atoms with Crippen LogP contribution in [0.1, 0.15) is 21.6 Å². The predicted octanol–water partition coefficient (Wildman–Crippen LogP) is 2.52. The Morgan fingerprint density at radius 3 is 2.74 bits per heavy atom. The summed E-state index contributed by atoms with van der Waals surface area (Å²) in [6.45, 7) is 0.446. The third-order valence-electron chi connectivity index (χ3n) is 2.89. The molecule has 2 aromatic rings. The molecule has 2 rings (SSSR count). The quantitative estimate of drug-likeness (QED) is 0.901. The van der Waals surface area contributed by atoms with Gasteiger partial charge in [0, 0.05) is 18.9 Å². The van der Waals surface area contributed by atoms with Gasteiger partial charge in [0.25, 0.3) is 0 Å². The summed E-state index contributed by atoms with van der Waals surface area (Å²) in [5.41, 5.74) is 1.21. The average molecular weight is 263 g/mol. The van der Waals surface area contributed by atoms with Gasteiger partial charge in [0.15, 0.2) is 0 Å². The van der Waals surface area contributed by atoms with Crippen LogP contribution in [-0.4, -0.2) is 22.8 Å². The van der Waals surface area contributed by atoms with E-state index >= 15 is 0 Å². The summed E-state index contributed by atoms with van der Waals surface area (Å²) < 4.78 is 20.3. The zero-order valence-electron chi connectivity index (χ0n) is 10.5. The molecule has 1 aromatic carbocycles. The summed E-state index contributed by atoms with van der Waals surface area (Å²) in [4.78, 5) is 11.1. The molecule has 0 atom stereocenters. The molecule has 0 aliphatic carbocycles. The molecule has 1 heterocycles. The van der Waals surface area contributed by atoms with Gasteiger partial charge in [-0.2, -0.15) is 0 Å². The van der Waals surface area contributed by atoms with Gasteiger partial charge in [0.2, 0.25) is 0 Å². The van der Waals surface area contributed by atoms with E-state index in [0.717, 1.165) is 0 Å². The zero-order chi connectivity index (χ0) is 13.8. The highest BCUT2D eigenvalue weighted by Crippen LogP contribution is 2.16. The molecular formula is C14H14FNO3. The lowest BCUT2D eigenvalue weighted by Crippen LogP contribution is -2.09. The van der Waals surface area contributed by atoms with E-state index in [9.17, 15) is 9.18 Å². The van der Waals surface area contributed by atoms with Crippen molar-refractivity contribution in [1.82, 2.24) is 4.57 Å². The predicted molar refractivity (Wildman–Crippen MR) is 67.6 cm³/mol. The molecule has 19 heavy (non-hydrogen) atoms. The van der Waals surface area contributed by atoms with E-state index in [1.54, 1.807) is 29.0 Å². The van der Waals surface area contributed by atoms with Crippen molar-refractivity contribution in [2.75, 3.05) is 7.11 Å². The minimum atomic E-state index is -1.01. The van der Waals surface area contributed by atoms with Gasteiger partial charge in [-0.15, -0.1) is 0 Å². The number of nitrogens with zero attached hydrogens (tertiary/aromatic N) is 1. The van der Waals surface area contributed by atoms with E-state index in [-0.39, 0.29) is 24.5 Å². The number of carbonyl (C=O) groups is 1. The molecule has 100 valence electrons. The Bertz CT molecular complexity index is 592. The Balaban J connectivity index is 2.35. The molecular weight excluding hydrogens is 249 g/mol. The number of rotatable bonds is 5. The Labute approximate surface area is 110 Å². The third-order valence-corrected chi connectivity index (χ3v) is 2.89. The van der Waals surface area contributed by atoms with E-state index in [0.29, 0.717) is 11.3 Å². The number of methoxy groups -OCH3 is 1. The lowest BCUT2D eigenvalue weighted by atomic mass is 10.2. The minimum absolute atomic E-state index is 0.170. The second kappa shape index (κ2) is 5.67. The van der Waals surface area contributed by atoms with Crippen LogP contribution >= 0.6 is 0 Å². The van der Waals surface area contributed by atoms with Crippen molar-refractivity contribution in [3.63, 3.8) is 0 Å². The molecule has 5 heteroatoms. The fourth-order valence-corrected chi connectivity index (χ4v) is 1.96. The van der Waals surface area contributed by atoms with Crippen LogP contribution in [-0.2, 0) is 17.9 Å². The molecule has 0 aliphatic heterocycles. The molecule has 1 aromatic heterocycles. The maximum Gasteiger partial charge on any atom is 0.337 e. The van der Waals surface area contributed by atoms with Crippen molar-refractivity contribution >= 4 is 5.97 Å². The van der Waals surface area contributed by atoms with E-state index in [4.69, 9.17) is 9.84 Å². The van der Waals surface area contributed by atoms with E-state index < -0.39 is 5.97 Å². The summed E-state index contributed by atoms with van der Waals surface area (Å²) in [6.07, 6.45) is 1.63. The summed E-state index contributed by atoms with van der Waals surface area (Å²) >= 11 is 0. The van der Waals surface area contributed by atoms with Crippen molar-refractivity contribution in [3.05, 3.63) is 59.2 Å². The lowest BCUT2D eigenvalue weighted by molar-refractivity contribution is 0.0691. The van der Waals surface area contributed by atoms with Gasteiger partial charge in [0.05, 0.1) is 24.4 Å². The maximum absolute atomic E-state index is 13.6. The third kappa shape index (κ3) is 2.82. The van der Waals surface area contributed by atoms with E-state index in [2.05, 4.69) is 0 Å². The van der Waals surface area contributed by atoms with Gasteiger partial charge in [-0.25, -0.2) is 9.18 Å². The molecule has 0 fully saturated rings. The van der Waals surface area contributed by atoms with Gasteiger partial charge in [-0.05, 0) is 12.1 Å². The van der Waals surface area contributed by atoms with Crippen LogP contribution in [0.25, 0.3) is 0 Å². The van der Waals surface area contributed by atoms with Gasteiger partial charge in [0.1, 0.15) is 5.82 Å². The van der Waals surface area contributed by atoms with Crippen molar-refractivity contribution in [3.8, 4) is 0 Å². The first-order valence-corrected chi connectivity index (χ1v) is 5.77. The minimum Gasteiger partial charge on any atom is -0.478 e. The largest absolute Gasteiger partial charge is 0.478 e. The molecule has 0 saturated heterocycles. The standard InChI is InChI=1S/C14H14FNO3/c1-19-9-13-11(14(17)18)6-7-16(13)8-10-4-2-3-5-12(10)15/h2-7H,8-9H2,1H3,(H,17,18). The molecule has 0 spiro atoms. The SMILES string of the molecule is COCc1c(C(=O)O)ccn1Cc1ccccc1F. The smallest absolute Gasteiger partial charge is 0.337 e. The Kier molecular flexibility index (Phi) is 3.97. The molecule has 1 N–H and O–H groups in total. The molecule has 4 nitrogen and oxygen atoms in total. The van der Waals surface area contributed by atoms with Crippen molar-refractivity contribution < 1.29 is 19.0 Å². The van der Waals surface area contributed by atoms with Gasteiger partial charge >= 0.3 is 5.97 Å². The highest BCUT2D eigenvalue weighted by Gasteiger charge is 2.15. The van der Waals surface area contributed by atoms with Crippen molar-refractivity contribution in [2.45, 2.75) is 13.2 Å². The first-order chi connectivity index (χ1) is 9.13. The molecule has 0 unspecified atom stereocenters. The Morgan fingerprint density at radius 2 is 2.11 bits per heavy atom. The summed E-state index contributed by atoms with van der Waals surface area (Å²) in [5.74, 6) is -1.32. The van der Waals surface area contributed by atoms with Crippen LogP contribution in [0.15, 0.2) is 36.5 Å². The number of hydrogen-bond donors (Lipinski definition) is 1. The first kappa shape index (κ1) is 13.3. The second-order valence-electron chi connectivity index (χ2n) is 4.13.